The molecule has 1 unspecified atom stereocenters. The van der Waals surface area contributed by atoms with Gasteiger partial charge in [0.25, 0.3) is 0 Å². The van der Waals surface area contributed by atoms with Crippen LogP contribution < -0.4 is 10.6 Å². The number of likely N-dealkylation sites (N-methyl/N-ethyl adjacent to an activating group) is 1. The number of hydrogen-bond donors (Lipinski definition) is 1. The molecular formula is C15H24FN3. The van der Waals surface area contributed by atoms with Gasteiger partial charge >= 0.3 is 0 Å². The number of piperazine rings is 1. The van der Waals surface area contributed by atoms with Crippen molar-refractivity contribution in [2.24, 2.45) is 5.73 Å². The van der Waals surface area contributed by atoms with Crippen LogP contribution in [0.3, 0.4) is 0 Å². The fourth-order valence-electron chi connectivity index (χ4n) is 2.70. The van der Waals surface area contributed by atoms with Crippen LogP contribution in [0.4, 0.5) is 10.1 Å². The first-order valence-corrected chi connectivity index (χ1v) is 6.83. The van der Waals surface area contributed by atoms with Crippen molar-refractivity contribution in [2.75, 3.05) is 31.6 Å². The van der Waals surface area contributed by atoms with E-state index in [4.69, 9.17) is 5.73 Å². The zero-order chi connectivity index (χ0) is 14.2. The minimum Gasteiger partial charge on any atom is -0.368 e. The minimum atomic E-state index is -0.293. The van der Waals surface area contributed by atoms with Crippen LogP contribution in [0.2, 0.25) is 0 Å². The van der Waals surface area contributed by atoms with Crippen molar-refractivity contribution < 1.29 is 4.39 Å². The van der Waals surface area contributed by atoms with Gasteiger partial charge in [0, 0.05) is 42.5 Å². The molecule has 4 heteroatoms. The summed E-state index contributed by atoms with van der Waals surface area (Å²) in [7, 11) is 2.13. The molecule has 0 bridgehead atoms. The summed E-state index contributed by atoms with van der Waals surface area (Å²) in [4.78, 5) is 4.59. The molecule has 2 rings (SSSR count). The summed E-state index contributed by atoms with van der Waals surface area (Å²) in [5, 5.41) is 0. The lowest BCUT2D eigenvalue weighted by molar-refractivity contribution is 0.138. The van der Waals surface area contributed by atoms with Crippen LogP contribution in [0.5, 0.6) is 0 Å². The van der Waals surface area contributed by atoms with Crippen molar-refractivity contribution in [3.8, 4) is 0 Å². The smallest absolute Gasteiger partial charge is 0.130 e. The second-order valence-electron chi connectivity index (χ2n) is 6.12. The van der Waals surface area contributed by atoms with Crippen LogP contribution in [0.25, 0.3) is 0 Å². The molecule has 1 heterocycles. The molecule has 1 aliphatic rings. The normalized spacial score (nSPS) is 21.5. The van der Waals surface area contributed by atoms with Gasteiger partial charge in [0.2, 0.25) is 0 Å². The van der Waals surface area contributed by atoms with Crippen LogP contribution in [0.1, 0.15) is 32.4 Å². The number of anilines is 1. The molecule has 0 amide bonds. The third kappa shape index (κ3) is 2.74. The van der Waals surface area contributed by atoms with Crippen molar-refractivity contribution in [1.29, 1.82) is 0 Å². The predicted molar refractivity (Wildman–Crippen MR) is 77.9 cm³/mol. The topological polar surface area (TPSA) is 32.5 Å². The van der Waals surface area contributed by atoms with E-state index in [0.717, 1.165) is 25.3 Å². The molecule has 1 saturated heterocycles. The molecule has 0 saturated carbocycles. The number of benzene rings is 1. The number of nitrogens with zero attached hydrogens (tertiary/aromatic N) is 2. The van der Waals surface area contributed by atoms with Gasteiger partial charge in [-0.2, -0.15) is 0 Å². The molecule has 1 atom stereocenters. The molecule has 1 aromatic carbocycles. The van der Waals surface area contributed by atoms with E-state index in [-0.39, 0.29) is 17.4 Å². The highest BCUT2D eigenvalue weighted by molar-refractivity contribution is 5.56. The zero-order valence-corrected chi connectivity index (χ0v) is 12.3. The molecule has 0 radical (unpaired) electrons. The van der Waals surface area contributed by atoms with Crippen LogP contribution in [0.15, 0.2) is 18.2 Å². The van der Waals surface area contributed by atoms with Crippen LogP contribution in [-0.2, 0) is 0 Å². The highest BCUT2D eigenvalue weighted by atomic mass is 19.1. The molecular weight excluding hydrogens is 241 g/mol. The molecule has 0 spiro atoms. The summed E-state index contributed by atoms with van der Waals surface area (Å²) in [5.41, 5.74) is 7.59. The summed E-state index contributed by atoms with van der Waals surface area (Å²) in [6.45, 7) is 9.02. The first kappa shape index (κ1) is 14.3. The van der Waals surface area contributed by atoms with Crippen molar-refractivity contribution in [3.63, 3.8) is 0 Å². The molecule has 19 heavy (non-hydrogen) atoms. The largest absolute Gasteiger partial charge is 0.368 e. The van der Waals surface area contributed by atoms with Gasteiger partial charge in [0.15, 0.2) is 0 Å². The van der Waals surface area contributed by atoms with Crippen molar-refractivity contribution in [2.45, 2.75) is 32.4 Å². The fourth-order valence-corrected chi connectivity index (χ4v) is 2.70. The predicted octanol–water partition coefficient (Wildman–Crippen LogP) is 2.38. The lowest BCUT2D eigenvalue weighted by Gasteiger charge is -2.46. The first-order chi connectivity index (χ1) is 8.83. The average Bonchev–Trinajstić information content (AvgIpc) is 2.31. The SMILES string of the molecule is CC(N)c1c(F)cccc1N1CCN(C)C(C)(C)C1. The van der Waals surface area contributed by atoms with Gasteiger partial charge in [-0.25, -0.2) is 4.39 Å². The van der Waals surface area contributed by atoms with Gasteiger partial charge in [-0.05, 0) is 40.0 Å². The van der Waals surface area contributed by atoms with E-state index in [1.54, 1.807) is 6.07 Å². The Balaban J connectivity index is 2.35. The van der Waals surface area contributed by atoms with Gasteiger partial charge in [-0.3, -0.25) is 4.90 Å². The monoisotopic (exact) mass is 265 g/mol. The summed E-state index contributed by atoms with van der Waals surface area (Å²) < 4.78 is 14.0. The Hall–Kier alpha value is -1.13. The van der Waals surface area contributed by atoms with E-state index < -0.39 is 0 Å². The maximum absolute atomic E-state index is 14.0. The Morgan fingerprint density at radius 1 is 1.32 bits per heavy atom. The summed E-state index contributed by atoms with van der Waals surface area (Å²) in [5.74, 6) is -0.204. The van der Waals surface area contributed by atoms with Crippen LogP contribution in [0, 0.1) is 5.82 Å². The van der Waals surface area contributed by atoms with Crippen molar-refractivity contribution in [3.05, 3.63) is 29.6 Å². The third-order valence-corrected chi connectivity index (χ3v) is 4.14. The fraction of sp³-hybridized carbons (Fsp3) is 0.600. The molecule has 2 N–H and O–H groups in total. The summed E-state index contributed by atoms with van der Waals surface area (Å²) >= 11 is 0. The van der Waals surface area contributed by atoms with Gasteiger partial charge in [-0.15, -0.1) is 0 Å². The van der Waals surface area contributed by atoms with E-state index in [1.165, 1.54) is 6.07 Å². The highest BCUT2D eigenvalue weighted by Gasteiger charge is 2.32. The molecule has 106 valence electrons. The van der Waals surface area contributed by atoms with Crippen LogP contribution in [-0.4, -0.2) is 37.1 Å². The maximum atomic E-state index is 14.0. The molecule has 0 aromatic heterocycles. The summed E-state index contributed by atoms with van der Waals surface area (Å²) in [6, 6.07) is 4.94. The van der Waals surface area contributed by atoms with Crippen molar-refractivity contribution in [1.82, 2.24) is 4.90 Å². The van der Waals surface area contributed by atoms with Crippen molar-refractivity contribution >= 4 is 5.69 Å². The van der Waals surface area contributed by atoms with E-state index in [2.05, 4.69) is 30.7 Å². The van der Waals surface area contributed by atoms with Gasteiger partial charge in [-0.1, -0.05) is 6.07 Å². The van der Waals surface area contributed by atoms with Gasteiger partial charge in [0.05, 0.1) is 0 Å². The molecule has 3 nitrogen and oxygen atoms in total. The first-order valence-electron chi connectivity index (χ1n) is 6.83. The van der Waals surface area contributed by atoms with E-state index in [1.807, 2.05) is 13.0 Å². The Morgan fingerprint density at radius 2 is 2.00 bits per heavy atom. The van der Waals surface area contributed by atoms with Gasteiger partial charge < -0.3 is 10.6 Å². The average molecular weight is 265 g/mol. The highest BCUT2D eigenvalue weighted by Crippen LogP contribution is 2.31. The minimum absolute atomic E-state index is 0.0830. The quantitative estimate of drug-likeness (QED) is 0.891. The van der Waals surface area contributed by atoms with Gasteiger partial charge in [0.1, 0.15) is 5.82 Å². The third-order valence-electron chi connectivity index (χ3n) is 4.14. The van der Waals surface area contributed by atoms with E-state index >= 15 is 0 Å². The number of halogens is 1. The number of rotatable bonds is 2. The second-order valence-corrected chi connectivity index (χ2v) is 6.12. The summed E-state index contributed by atoms with van der Waals surface area (Å²) in [6.07, 6.45) is 0. The molecule has 1 aliphatic heterocycles. The second kappa shape index (κ2) is 5.10. The number of hydrogen-bond acceptors (Lipinski definition) is 3. The lowest BCUT2D eigenvalue weighted by atomic mass is 9.97. The lowest BCUT2D eigenvalue weighted by Crippen LogP contribution is -2.58. The Labute approximate surface area is 115 Å². The van der Waals surface area contributed by atoms with E-state index in [0.29, 0.717) is 5.56 Å². The Bertz CT molecular complexity index is 457. The zero-order valence-electron chi connectivity index (χ0n) is 12.3. The maximum Gasteiger partial charge on any atom is 0.130 e. The number of nitrogens with two attached hydrogens (primary N) is 1. The Morgan fingerprint density at radius 3 is 2.58 bits per heavy atom. The van der Waals surface area contributed by atoms with Crippen LogP contribution >= 0.6 is 0 Å². The molecule has 1 aromatic rings. The standard InChI is InChI=1S/C15H24FN3/c1-11(17)14-12(16)6-5-7-13(14)19-9-8-18(4)15(2,3)10-19/h5-7,11H,8-10,17H2,1-4H3. The molecule has 1 fully saturated rings. The molecule has 0 aliphatic carbocycles. The Kier molecular flexibility index (Phi) is 3.83. The van der Waals surface area contributed by atoms with E-state index in [9.17, 15) is 4.39 Å².